The SMILES string of the molecule is CC(=O)N[C@@H]1C2CN3CCN(C2)CC1(C)C3. The molecule has 0 aliphatic carbocycles. The molecule has 0 aromatic rings. The van der Waals surface area contributed by atoms with Crippen molar-refractivity contribution in [3.05, 3.63) is 0 Å². The molecule has 0 aromatic carbocycles. The van der Waals surface area contributed by atoms with Gasteiger partial charge in [0.05, 0.1) is 0 Å². The molecule has 4 heteroatoms. The molecule has 1 N–H and O–H groups in total. The largest absolute Gasteiger partial charge is 0.353 e. The third-order valence-electron chi connectivity index (χ3n) is 4.47. The normalized spacial score (nSPS) is 50.1. The van der Waals surface area contributed by atoms with Crippen molar-refractivity contribution in [3.8, 4) is 0 Å². The zero-order valence-corrected chi connectivity index (χ0v) is 10.2. The van der Waals surface area contributed by atoms with Gasteiger partial charge in [-0.25, -0.2) is 0 Å². The van der Waals surface area contributed by atoms with Crippen molar-refractivity contribution in [3.63, 3.8) is 0 Å². The maximum absolute atomic E-state index is 11.3. The molecule has 4 heterocycles. The lowest BCUT2D eigenvalue weighted by atomic mass is 9.69. The molecule has 1 amide bonds. The molecule has 4 bridgehead atoms. The van der Waals surface area contributed by atoms with E-state index in [9.17, 15) is 4.79 Å². The van der Waals surface area contributed by atoms with Crippen molar-refractivity contribution in [2.75, 3.05) is 39.3 Å². The minimum atomic E-state index is 0.127. The molecule has 4 aliphatic heterocycles. The summed E-state index contributed by atoms with van der Waals surface area (Å²) < 4.78 is 0. The summed E-state index contributed by atoms with van der Waals surface area (Å²) in [6.07, 6.45) is 0. The Hall–Kier alpha value is -0.610. The Labute approximate surface area is 97.0 Å². The Bertz CT molecular complexity index is 301. The molecule has 0 radical (unpaired) electrons. The lowest BCUT2D eigenvalue weighted by Gasteiger charge is -2.53. The van der Waals surface area contributed by atoms with Gasteiger partial charge in [0.1, 0.15) is 0 Å². The summed E-state index contributed by atoms with van der Waals surface area (Å²) in [5.74, 6) is 0.751. The Kier molecular flexibility index (Phi) is 2.27. The van der Waals surface area contributed by atoms with Crippen LogP contribution < -0.4 is 5.32 Å². The van der Waals surface area contributed by atoms with E-state index in [1.165, 1.54) is 13.1 Å². The van der Waals surface area contributed by atoms with E-state index >= 15 is 0 Å². The predicted octanol–water partition coefficient (Wildman–Crippen LogP) is -0.242. The van der Waals surface area contributed by atoms with Crippen LogP contribution in [0.4, 0.5) is 0 Å². The summed E-state index contributed by atoms with van der Waals surface area (Å²) in [4.78, 5) is 16.5. The number of amides is 1. The number of fused-ring (bicyclic) bond motifs is 1. The van der Waals surface area contributed by atoms with Gasteiger partial charge in [-0.3, -0.25) is 4.79 Å². The number of piperidine rings is 2. The van der Waals surface area contributed by atoms with Gasteiger partial charge in [0.15, 0.2) is 0 Å². The number of carbonyl (C=O) groups is 1. The first-order valence-corrected chi connectivity index (χ1v) is 6.29. The highest BCUT2D eigenvalue weighted by Gasteiger charge is 2.51. The van der Waals surface area contributed by atoms with Crippen LogP contribution in [0, 0.1) is 11.3 Å². The second kappa shape index (κ2) is 3.44. The molecule has 4 aliphatic rings. The fraction of sp³-hybridized carbons (Fsp3) is 0.917. The first kappa shape index (κ1) is 10.5. The highest BCUT2D eigenvalue weighted by atomic mass is 16.1. The van der Waals surface area contributed by atoms with Gasteiger partial charge in [-0.2, -0.15) is 0 Å². The van der Waals surface area contributed by atoms with Gasteiger partial charge in [-0.1, -0.05) is 6.92 Å². The van der Waals surface area contributed by atoms with E-state index in [0.717, 1.165) is 26.2 Å². The third kappa shape index (κ3) is 1.55. The zero-order valence-electron chi connectivity index (χ0n) is 10.2. The van der Waals surface area contributed by atoms with Crippen molar-refractivity contribution in [1.29, 1.82) is 0 Å². The van der Waals surface area contributed by atoms with E-state index < -0.39 is 0 Å². The van der Waals surface area contributed by atoms with Gasteiger partial charge in [0, 0.05) is 63.6 Å². The van der Waals surface area contributed by atoms with Crippen LogP contribution in [-0.4, -0.2) is 61.0 Å². The smallest absolute Gasteiger partial charge is 0.217 e. The number of hydrogen-bond acceptors (Lipinski definition) is 3. The summed E-state index contributed by atoms with van der Waals surface area (Å²) >= 11 is 0. The van der Waals surface area contributed by atoms with Crippen LogP contribution in [0.3, 0.4) is 0 Å². The number of rotatable bonds is 1. The van der Waals surface area contributed by atoms with Gasteiger partial charge < -0.3 is 15.1 Å². The van der Waals surface area contributed by atoms with Gasteiger partial charge in [0.25, 0.3) is 0 Å². The van der Waals surface area contributed by atoms with Crippen LogP contribution in [0.1, 0.15) is 13.8 Å². The van der Waals surface area contributed by atoms with Crippen LogP contribution in [0.25, 0.3) is 0 Å². The molecule has 4 nitrogen and oxygen atoms in total. The quantitative estimate of drug-likeness (QED) is 0.666. The molecular weight excluding hydrogens is 202 g/mol. The lowest BCUT2D eigenvalue weighted by Crippen LogP contribution is -2.67. The fourth-order valence-electron chi connectivity index (χ4n) is 4.03. The maximum atomic E-state index is 11.3. The molecule has 2 unspecified atom stereocenters. The summed E-state index contributed by atoms with van der Waals surface area (Å²) in [6, 6.07) is 0.385. The van der Waals surface area contributed by atoms with Crippen LogP contribution in [0.5, 0.6) is 0 Å². The van der Waals surface area contributed by atoms with Crippen molar-refractivity contribution >= 4 is 5.91 Å². The Morgan fingerprint density at radius 2 is 1.81 bits per heavy atom. The lowest BCUT2D eigenvalue weighted by molar-refractivity contribution is -0.123. The van der Waals surface area contributed by atoms with Gasteiger partial charge in [-0.15, -0.1) is 0 Å². The van der Waals surface area contributed by atoms with Crippen molar-refractivity contribution in [1.82, 2.24) is 15.1 Å². The van der Waals surface area contributed by atoms with E-state index in [-0.39, 0.29) is 11.3 Å². The van der Waals surface area contributed by atoms with Crippen LogP contribution in [0.15, 0.2) is 0 Å². The first-order valence-electron chi connectivity index (χ1n) is 6.29. The van der Waals surface area contributed by atoms with Gasteiger partial charge >= 0.3 is 0 Å². The van der Waals surface area contributed by atoms with Gasteiger partial charge in [0.2, 0.25) is 5.91 Å². The second-order valence-corrected chi connectivity index (χ2v) is 6.06. The number of carbonyl (C=O) groups excluding carboxylic acids is 1. The maximum Gasteiger partial charge on any atom is 0.217 e. The molecule has 4 rings (SSSR count). The Morgan fingerprint density at radius 3 is 2.25 bits per heavy atom. The molecule has 0 aromatic heterocycles. The number of hydrogen-bond donors (Lipinski definition) is 1. The standard InChI is InChI=1S/C12H21N3O/c1-9(16)13-11-10-5-14-3-4-15(6-10)8-12(11,2)7-14/h10-11H,3-8H2,1-2H3,(H,13,16)/t10?,11-,12?/m1/s1. The summed E-state index contributed by atoms with van der Waals surface area (Å²) in [5, 5.41) is 3.20. The van der Waals surface area contributed by atoms with E-state index in [4.69, 9.17) is 0 Å². The molecule has 90 valence electrons. The monoisotopic (exact) mass is 223 g/mol. The average Bonchev–Trinajstić information content (AvgIpc) is 2.39. The minimum Gasteiger partial charge on any atom is -0.353 e. The second-order valence-electron chi connectivity index (χ2n) is 6.06. The Morgan fingerprint density at radius 1 is 1.25 bits per heavy atom. The van der Waals surface area contributed by atoms with Crippen LogP contribution >= 0.6 is 0 Å². The van der Waals surface area contributed by atoms with E-state index in [1.54, 1.807) is 6.92 Å². The number of nitrogens with one attached hydrogen (secondary N) is 1. The third-order valence-corrected chi connectivity index (χ3v) is 4.47. The fourth-order valence-corrected chi connectivity index (χ4v) is 4.03. The molecule has 4 saturated heterocycles. The molecule has 0 spiro atoms. The summed E-state index contributed by atoms with van der Waals surface area (Å²) in [7, 11) is 0. The topological polar surface area (TPSA) is 35.6 Å². The predicted molar refractivity (Wildman–Crippen MR) is 62.1 cm³/mol. The van der Waals surface area contributed by atoms with Crippen molar-refractivity contribution in [2.45, 2.75) is 19.9 Å². The van der Waals surface area contributed by atoms with Crippen molar-refractivity contribution in [2.24, 2.45) is 11.3 Å². The molecule has 16 heavy (non-hydrogen) atoms. The van der Waals surface area contributed by atoms with E-state index in [0.29, 0.717) is 12.0 Å². The Balaban J connectivity index is 1.89. The molecule has 0 saturated carbocycles. The first-order chi connectivity index (χ1) is 7.57. The average molecular weight is 223 g/mol. The minimum absolute atomic E-state index is 0.127. The van der Waals surface area contributed by atoms with Crippen LogP contribution in [-0.2, 0) is 4.79 Å². The molecule has 4 fully saturated rings. The van der Waals surface area contributed by atoms with Crippen molar-refractivity contribution < 1.29 is 4.79 Å². The van der Waals surface area contributed by atoms with E-state index in [1.807, 2.05) is 0 Å². The summed E-state index contributed by atoms with van der Waals surface area (Å²) in [6.45, 7) is 11.0. The zero-order chi connectivity index (χ0) is 11.3. The summed E-state index contributed by atoms with van der Waals surface area (Å²) in [5.41, 5.74) is 0.253. The molecular formula is C12H21N3O. The van der Waals surface area contributed by atoms with E-state index in [2.05, 4.69) is 22.0 Å². The highest BCUT2D eigenvalue weighted by Crippen LogP contribution is 2.40. The highest BCUT2D eigenvalue weighted by molar-refractivity contribution is 5.73. The van der Waals surface area contributed by atoms with Gasteiger partial charge in [-0.05, 0) is 0 Å². The number of nitrogens with zero attached hydrogens (tertiary/aromatic N) is 2. The van der Waals surface area contributed by atoms with Crippen LogP contribution in [0.2, 0.25) is 0 Å². The molecule has 3 atom stereocenters.